The molecule has 3 aromatic rings. The molecule has 2 aromatic carbocycles. The van der Waals surface area contributed by atoms with Crippen molar-refractivity contribution in [2.24, 2.45) is 5.73 Å². The molecular weight excluding hydrogens is 589 g/mol. The molecule has 0 saturated heterocycles. The molecule has 5 N–H and O–H groups in total. The molecule has 0 spiro atoms. The fourth-order valence-electron chi connectivity index (χ4n) is 3.88. The van der Waals surface area contributed by atoms with E-state index < -0.39 is 48.8 Å². The number of Topliss-reactive ketones (excluding diaryl/α,β-unsaturated/α-hetero) is 1. The number of ketones is 1. The number of aromatic nitrogens is 4. The summed E-state index contributed by atoms with van der Waals surface area (Å²) in [5.41, 5.74) is 6.89. The molecule has 0 saturated carbocycles. The third-order valence-corrected chi connectivity index (χ3v) is 6.75. The molecule has 0 bridgehead atoms. The Bertz CT molecular complexity index is 1350. The second-order valence-electron chi connectivity index (χ2n) is 9.28. The number of carboxylic acids is 1. The molecule has 2 atom stereocenters. The van der Waals surface area contributed by atoms with Crippen LogP contribution in [0.4, 0.5) is 4.79 Å². The predicted octanol–water partition coefficient (Wildman–Crippen LogP) is 2.52. The summed E-state index contributed by atoms with van der Waals surface area (Å²) in [7, 11) is 0. The van der Waals surface area contributed by atoms with Crippen LogP contribution < -0.4 is 16.4 Å². The van der Waals surface area contributed by atoms with E-state index in [0.717, 1.165) is 10.4 Å². The Morgan fingerprint density at radius 2 is 1.69 bits per heavy atom. The summed E-state index contributed by atoms with van der Waals surface area (Å²) < 4.78 is 5.21. The largest absolute Gasteiger partial charge is 0.481 e. The van der Waals surface area contributed by atoms with Crippen molar-refractivity contribution in [2.45, 2.75) is 57.3 Å². The quantitative estimate of drug-likeness (QED) is 0.173. The number of nitrogens with one attached hydrogen (secondary N) is 2. The molecule has 3 rings (SSSR count). The van der Waals surface area contributed by atoms with Crippen molar-refractivity contribution in [1.82, 2.24) is 30.8 Å². The van der Waals surface area contributed by atoms with E-state index in [4.69, 9.17) is 33.7 Å². The van der Waals surface area contributed by atoms with E-state index in [2.05, 4.69) is 26.0 Å². The Morgan fingerprint density at radius 1 is 0.976 bits per heavy atom. The van der Waals surface area contributed by atoms with Gasteiger partial charge in [0.2, 0.25) is 5.91 Å². The van der Waals surface area contributed by atoms with E-state index in [1.807, 2.05) is 6.07 Å². The average molecular weight is 620 g/mol. The Morgan fingerprint density at radius 3 is 2.36 bits per heavy atom. The van der Waals surface area contributed by atoms with Crippen molar-refractivity contribution in [1.29, 1.82) is 0 Å². The van der Waals surface area contributed by atoms with E-state index in [1.54, 1.807) is 42.5 Å². The zero-order valence-corrected chi connectivity index (χ0v) is 24.1. The van der Waals surface area contributed by atoms with Crippen molar-refractivity contribution in [2.75, 3.05) is 6.54 Å². The number of carbonyl (C=O) groups excluding carboxylic acids is 3. The zero-order valence-electron chi connectivity index (χ0n) is 22.5. The van der Waals surface area contributed by atoms with Crippen LogP contribution in [0.2, 0.25) is 10.0 Å². The molecule has 15 heteroatoms. The molecule has 224 valence electrons. The highest BCUT2D eigenvalue weighted by Crippen LogP contribution is 2.25. The van der Waals surface area contributed by atoms with Gasteiger partial charge in [0.1, 0.15) is 25.2 Å². The number of nitrogens with zero attached hydrogens (tertiary/aromatic N) is 4. The standard InChI is InChI=1S/C27H31Cl2N7O6/c28-19-9-6-10-20(29)18(19)13-24-33-35-36(34-24)15-23(37)22(14-25(38)39)31-26(40)21(11-4-5-12-30)32-27(41)42-16-17-7-2-1-3-8-17/h1-3,6-10,21-22H,4-5,11-16,30H2,(H,31,40)(H,32,41)(H,38,39)/t21-,22?/m0/s1. The summed E-state index contributed by atoms with van der Waals surface area (Å²) in [4.78, 5) is 51.1. The number of hydrogen-bond donors (Lipinski definition) is 4. The summed E-state index contributed by atoms with van der Waals surface area (Å²) >= 11 is 12.4. The number of carbonyl (C=O) groups is 4. The smallest absolute Gasteiger partial charge is 0.408 e. The number of alkyl carbamates (subject to hydrolysis) is 1. The van der Waals surface area contributed by atoms with Gasteiger partial charge in [-0.2, -0.15) is 4.80 Å². The van der Waals surface area contributed by atoms with Crippen LogP contribution in [-0.4, -0.2) is 67.7 Å². The predicted molar refractivity (Wildman–Crippen MR) is 153 cm³/mol. The number of tetrazole rings is 1. The molecule has 0 aliphatic heterocycles. The van der Waals surface area contributed by atoms with E-state index >= 15 is 0 Å². The second-order valence-corrected chi connectivity index (χ2v) is 10.1. The molecule has 1 heterocycles. The first-order valence-electron chi connectivity index (χ1n) is 13.1. The monoisotopic (exact) mass is 619 g/mol. The van der Waals surface area contributed by atoms with Gasteiger partial charge in [0.25, 0.3) is 0 Å². The Labute approximate surface area is 251 Å². The zero-order chi connectivity index (χ0) is 30.5. The highest BCUT2D eigenvalue weighted by molar-refractivity contribution is 6.36. The van der Waals surface area contributed by atoms with Crippen LogP contribution in [-0.2, 0) is 38.7 Å². The summed E-state index contributed by atoms with van der Waals surface area (Å²) in [6.07, 6.45) is -0.122. The third-order valence-electron chi connectivity index (χ3n) is 6.04. The molecule has 0 aliphatic carbocycles. The van der Waals surface area contributed by atoms with Crippen molar-refractivity contribution in [3.8, 4) is 0 Å². The van der Waals surface area contributed by atoms with Crippen LogP contribution in [0.5, 0.6) is 0 Å². The average Bonchev–Trinajstić information content (AvgIpc) is 3.40. The SMILES string of the molecule is NCCCC[C@H](NC(=O)OCc1ccccc1)C(=O)NC(CC(=O)O)C(=O)Cn1nnc(Cc2c(Cl)cccc2Cl)n1. The number of benzene rings is 2. The van der Waals surface area contributed by atoms with E-state index in [1.165, 1.54) is 0 Å². The lowest BCUT2D eigenvalue weighted by Crippen LogP contribution is -2.52. The van der Waals surface area contributed by atoms with Gasteiger partial charge in [-0.15, -0.1) is 10.2 Å². The summed E-state index contributed by atoms with van der Waals surface area (Å²) in [6, 6.07) is 11.5. The Balaban J connectivity index is 1.65. The lowest BCUT2D eigenvalue weighted by atomic mass is 10.1. The van der Waals surface area contributed by atoms with Crippen LogP contribution in [0.25, 0.3) is 0 Å². The number of unbranched alkanes of at least 4 members (excludes halogenated alkanes) is 1. The first kappa shape index (κ1) is 32.4. The van der Waals surface area contributed by atoms with Gasteiger partial charge in [-0.05, 0) is 54.3 Å². The van der Waals surface area contributed by atoms with Crippen LogP contribution in [0, 0.1) is 0 Å². The number of ether oxygens (including phenoxy) is 1. The molecule has 13 nitrogen and oxygen atoms in total. The maximum absolute atomic E-state index is 13.1. The fourth-order valence-corrected chi connectivity index (χ4v) is 4.42. The summed E-state index contributed by atoms with van der Waals surface area (Å²) in [5.74, 6) is -2.51. The highest BCUT2D eigenvalue weighted by atomic mass is 35.5. The number of aliphatic carboxylic acids is 1. The second kappa shape index (κ2) is 16.4. The van der Waals surface area contributed by atoms with Crippen LogP contribution in [0.3, 0.4) is 0 Å². The summed E-state index contributed by atoms with van der Waals surface area (Å²) in [5, 5.41) is 27.1. The van der Waals surface area contributed by atoms with Gasteiger partial charge in [-0.3, -0.25) is 14.4 Å². The molecule has 1 aromatic heterocycles. The minimum Gasteiger partial charge on any atom is -0.481 e. The summed E-state index contributed by atoms with van der Waals surface area (Å²) in [6.45, 7) is -0.103. The van der Waals surface area contributed by atoms with Crippen molar-refractivity contribution in [3.05, 3.63) is 75.5 Å². The maximum Gasteiger partial charge on any atom is 0.408 e. The number of rotatable bonds is 16. The molecule has 0 radical (unpaired) electrons. The van der Waals surface area contributed by atoms with Gasteiger partial charge in [0.05, 0.1) is 6.42 Å². The number of hydrogen-bond acceptors (Lipinski definition) is 9. The van der Waals surface area contributed by atoms with E-state index in [0.29, 0.717) is 35.0 Å². The van der Waals surface area contributed by atoms with Crippen molar-refractivity contribution < 1.29 is 29.0 Å². The maximum atomic E-state index is 13.1. The molecular formula is C27H31Cl2N7O6. The van der Waals surface area contributed by atoms with Gasteiger partial charge < -0.3 is 26.2 Å². The van der Waals surface area contributed by atoms with Crippen LogP contribution in [0.15, 0.2) is 48.5 Å². The van der Waals surface area contributed by atoms with Gasteiger partial charge in [-0.1, -0.05) is 59.6 Å². The van der Waals surface area contributed by atoms with Gasteiger partial charge in [-0.25, -0.2) is 4.79 Å². The van der Waals surface area contributed by atoms with Crippen LogP contribution in [0.1, 0.15) is 42.6 Å². The number of carboxylic acid groups (broad SMARTS) is 1. The lowest BCUT2D eigenvalue weighted by Gasteiger charge is -2.22. The Hall–Kier alpha value is -4.07. The minimum absolute atomic E-state index is 0.0144. The highest BCUT2D eigenvalue weighted by Gasteiger charge is 2.29. The molecule has 0 aliphatic rings. The molecule has 1 unspecified atom stereocenters. The topological polar surface area (TPSA) is 191 Å². The van der Waals surface area contributed by atoms with Crippen molar-refractivity contribution in [3.63, 3.8) is 0 Å². The minimum atomic E-state index is -1.43. The number of amides is 2. The molecule has 42 heavy (non-hydrogen) atoms. The van der Waals surface area contributed by atoms with Gasteiger partial charge in [0.15, 0.2) is 11.6 Å². The first-order valence-corrected chi connectivity index (χ1v) is 13.8. The van der Waals surface area contributed by atoms with E-state index in [9.17, 15) is 24.3 Å². The van der Waals surface area contributed by atoms with Crippen molar-refractivity contribution >= 4 is 47.0 Å². The van der Waals surface area contributed by atoms with Gasteiger partial charge in [0, 0.05) is 16.5 Å². The van der Waals surface area contributed by atoms with E-state index in [-0.39, 0.29) is 25.3 Å². The third kappa shape index (κ3) is 10.4. The molecule has 2 amide bonds. The number of nitrogens with two attached hydrogens (primary N) is 1. The lowest BCUT2D eigenvalue weighted by molar-refractivity contribution is -0.140. The fraction of sp³-hybridized carbons (Fsp3) is 0.370. The van der Waals surface area contributed by atoms with Crippen LogP contribution >= 0.6 is 23.2 Å². The number of halogens is 2. The Kier molecular flexibility index (Phi) is 12.7. The van der Waals surface area contributed by atoms with Gasteiger partial charge >= 0.3 is 12.1 Å². The first-order chi connectivity index (χ1) is 20.2. The normalized spacial score (nSPS) is 12.3. The molecule has 0 fully saturated rings.